The average molecular weight is 258 g/mol. The Morgan fingerprint density at radius 2 is 2.12 bits per heavy atom. The molecule has 4 nitrogen and oxygen atoms in total. The predicted molar refractivity (Wildman–Crippen MR) is 71.0 cm³/mol. The molecule has 17 heavy (non-hydrogen) atoms. The summed E-state index contributed by atoms with van der Waals surface area (Å²) >= 11 is 1.82. The highest BCUT2D eigenvalue weighted by Crippen LogP contribution is 2.14. The molecule has 0 aliphatic carbocycles. The van der Waals surface area contributed by atoms with Gasteiger partial charge in [-0.2, -0.15) is 11.8 Å². The Morgan fingerprint density at radius 3 is 2.71 bits per heavy atom. The third kappa shape index (κ3) is 3.91. The largest absolute Gasteiger partial charge is 0.344 e. The van der Waals surface area contributed by atoms with Gasteiger partial charge in [0.2, 0.25) is 11.8 Å². The fourth-order valence-electron chi connectivity index (χ4n) is 2.03. The van der Waals surface area contributed by atoms with Crippen molar-refractivity contribution in [3.8, 4) is 0 Å². The average Bonchev–Trinajstić information content (AvgIpc) is 2.39. The zero-order chi connectivity index (χ0) is 12.8. The van der Waals surface area contributed by atoms with Gasteiger partial charge in [0.1, 0.15) is 6.04 Å². The summed E-state index contributed by atoms with van der Waals surface area (Å²) in [5.41, 5.74) is 0. The Bertz CT molecular complexity index is 284. The molecule has 98 valence electrons. The number of nitrogens with one attached hydrogen (secondary N) is 1. The van der Waals surface area contributed by atoms with Gasteiger partial charge in [0.15, 0.2) is 0 Å². The second kappa shape index (κ2) is 6.89. The number of hydrogen-bond donors (Lipinski definition) is 1. The number of carbonyl (C=O) groups excluding carboxylic acids is 2. The number of hydrogen-bond acceptors (Lipinski definition) is 3. The molecule has 1 fully saturated rings. The van der Waals surface area contributed by atoms with Crippen LogP contribution < -0.4 is 5.32 Å². The first-order valence-electron chi connectivity index (χ1n) is 6.27. The SMILES string of the molecule is CCSCCN1C(=O)C(CC)NC(=O)CC1C. The third-order valence-electron chi connectivity index (χ3n) is 3.02. The molecular formula is C12H22N2O2S. The summed E-state index contributed by atoms with van der Waals surface area (Å²) in [6.07, 6.45) is 1.08. The smallest absolute Gasteiger partial charge is 0.245 e. The topological polar surface area (TPSA) is 49.4 Å². The molecule has 1 aliphatic rings. The minimum Gasteiger partial charge on any atom is -0.344 e. The number of amides is 2. The van der Waals surface area contributed by atoms with E-state index >= 15 is 0 Å². The first-order valence-corrected chi connectivity index (χ1v) is 7.43. The van der Waals surface area contributed by atoms with Crippen LogP contribution in [0.3, 0.4) is 0 Å². The molecule has 1 aliphatic heterocycles. The van der Waals surface area contributed by atoms with Crippen molar-refractivity contribution in [3.05, 3.63) is 0 Å². The van der Waals surface area contributed by atoms with Crippen molar-refractivity contribution in [1.29, 1.82) is 0 Å². The molecule has 1 saturated heterocycles. The molecule has 0 saturated carbocycles. The monoisotopic (exact) mass is 258 g/mol. The summed E-state index contributed by atoms with van der Waals surface area (Å²) in [5, 5.41) is 2.79. The van der Waals surface area contributed by atoms with Gasteiger partial charge in [0.05, 0.1) is 0 Å². The number of thioether (sulfide) groups is 1. The number of rotatable bonds is 5. The Balaban J connectivity index is 2.69. The lowest BCUT2D eigenvalue weighted by Crippen LogP contribution is -2.46. The maximum Gasteiger partial charge on any atom is 0.245 e. The van der Waals surface area contributed by atoms with Crippen molar-refractivity contribution in [3.63, 3.8) is 0 Å². The second-order valence-electron chi connectivity index (χ2n) is 4.31. The van der Waals surface area contributed by atoms with Crippen LogP contribution in [-0.2, 0) is 9.59 Å². The van der Waals surface area contributed by atoms with E-state index in [2.05, 4.69) is 12.2 Å². The molecule has 2 amide bonds. The molecule has 0 radical (unpaired) electrons. The lowest BCUT2D eigenvalue weighted by molar-refractivity contribution is -0.134. The molecule has 0 aromatic heterocycles. The molecule has 5 heteroatoms. The van der Waals surface area contributed by atoms with Gasteiger partial charge in [-0.25, -0.2) is 0 Å². The Labute approximate surface area is 108 Å². The van der Waals surface area contributed by atoms with Crippen molar-refractivity contribution < 1.29 is 9.59 Å². The van der Waals surface area contributed by atoms with Crippen LogP contribution in [0, 0.1) is 0 Å². The molecule has 2 atom stereocenters. The Hall–Kier alpha value is -0.710. The van der Waals surface area contributed by atoms with Gasteiger partial charge < -0.3 is 10.2 Å². The van der Waals surface area contributed by atoms with Crippen LogP contribution in [0.2, 0.25) is 0 Å². The van der Waals surface area contributed by atoms with Crippen LogP contribution in [0.5, 0.6) is 0 Å². The fraction of sp³-hybridized carbons (Fsp3) is 0.833. The summed E-state index contributed by atoms with van der Waals surface area (Å²) in [7, 11) is 0. The van der Waals surface area contributed by atoms with E-state index in [1.165, 1.54) is 0 Å². The zero-order valence-electron chi connectivity index (χ0n) is 10.9. The van der Waals surface area contributed by atoms with E-state index in [9.17, 15) is 9.59 Å². The number of nitrogens with zero attached hydrogens (tertiary/aromatic N) is 1. The van der Waals surface area contributed by atoms with E-state index in [0.29, 0.717) is 12.8 Å². The fourth-order valence-corrected chi connectivity index (χ4v) is 2.64. The minimum atomic E-state index is -0.334. The van der Waals surface area contributed by atoms with E-state index in [-0.39, 0.29) is 23.9 Å². The van der Waals surface area contributed by atoms with E-state index in [4.69, 9.17) is 0 Å². The first kappa shape index (κ1) is 14.4. The van der Waals surface area contributed by atoms with Gasteiger partial charge in [-0.1, -0.05) is 13.8 Å². The highest BCUT2D eigenvalue weighted by atomic mass is 32.2. The number of carbonyl (C=O) groups is 2. The van der Waals surface area contributed by atoms with Crippen LogP contribution >= 0.6 is 11.8 Å². The van der Waals surface area contributed by atoms with Crippen molar-refractivity contribution in [2.45, 2.75) is 45.7 Å². The second-order valence-corrected chi connectivity index (χ2v) is 5.70. The summed E-state index contributed by atoms with van der Waals surface area (Å²) in [4.78, 5) is 25.7. The minimum absolute atomic E-state index is 0.0107. The maximum atomic E-state index is 12.2. The third-order valence-corrected chi connectivity index (χ3v) is 3.90. The molecule has 0 aromatic rings. The van der Waals surface area contributed by atoms with Gasteiger partial charge in [-0.05, 0) is 19.1 Å². The van der Waals surface area contributed by atoms with Gasteiger partial charge in [-0.3, -0.25) is 9.59 Å². The normalized spacial score (nSPS) is 25.7. The van der Waals surface area contributed by atoms with E-state index in [1.54, 1.807) is 0 Å². The van der Waals surface area contributed by atoms with Gasteiger partial charge in [0.25, 0.3) is 0 Å². The molecule has 1 rings (SSSR count). The van der Waals surface area contributed by atoms with Gasteiger partial charge in [0, 0.05) is 24.8 Å². The molecule has 2 unspecified atom stereocenters. The van der Waals surface area contributed by atoms with Gasteiger partial charge >= 0.3 is 0 Å². The summed E-state index contributed by atoms with van der Waals surface area (Å²) in [6.45, 7) is 6.73. The highest BCUT2D eigenvalue weighted by Gasteiger charge is 2.32. The molecular weight excluding hydrogens is 236 g/mol. The van der Waals surface area contributed by atoms with E-state index in [1.807, 2.05) is 30.5 Å². The molecule has 1 heterocycles. The van der Waals surface area contributed by atoms with Crippen LogP contribution in [0.4, 0.5) is 0 Å². The quantitative estimate of drug-likeness (QED) is 0.755. The lowest BCUT2D eigenvalue weighted by atomic mass is 10.2. The van der Waals surface area contributed by atoms with Crippen molar-refractivity contribution in [2.24, 2.45) is 0 Å². The van der Waals surface area contributed by atoms with E-state index in [0.717, 1.165) is 18.1 Å². The summed E-state index contributed by atoms with van der Waals surface area (Å²) < 4.78 is 0. The molecule has 0 aromatic carbocycles. The van der Waals surface area contributed by atoms with Crippen LogP contribution in [-0.4, -0.2) is 46.8 Å². The molecule has 1 N–H and O–H groups in total. The molecule has 0 spiro atoms. The Kier molecular flexibility index (Phi) is 5.82. The van der Waals surface area contributed by atoms with Gasteiger partial charge in [-0.15, -0.1) is 0 Å². The first-order chi connectivity index (χ1) is 8.10. The standard InChI is InChI=1S/C12H22N2O2S/c1-4-10-12(16)14(6-7-17-5-2)9(3)8-11(15)13-10/h9-10H,4-8H2,1-3H3,(H,13,15). The summed E-state index contributed by atoms with van der Waals surface area (Å²) in [5.74, 6) is 2.06. The maximum absolute atomic E-state index is 12.2. The Morgan fingerprint density at radius 1 is 1.41 bits per heavy atom. The lowest BCUT2D eigenvalue weighted by Gasteiger charge is -2.28. The highest BCUT2D eigenvalue weighted by molar-refractivity contribution is 7.99. The summed E-state index contributed by atoms with van der Waals surface area (Å²) in [6, 6.07) is -0.324. The van der Waals surface area contributed by atoms with Crippen molar-refractivity contribution in [2.75, 3.05) is 18.1 Å². The van der Waals surface area contributed by atoms with E-state index < -0.39 is 0 Å². The molecule has 0 bridgehead atoms. The van der Waals surface area contributed by atoms with Crippen molar-refractivity contribution in [1.82, 2.24) is 10.2 Å². The zero-order valence-corrected chi connectivity index (χ0v) is 11.7. The van der Waals surface area contributed by atoms with Crippen molar-refractivity contribution >= 4 is 23.6 Å². The van der Waals surface area contributed by atoms with Crippen LogP contribution in [0.15, 0.2) is 0 Å². The van der Waals surface area contributed by atoms with Crippen LogP contribution in [0.25, 0.3) is 0 Å². The van der Waals surface area contributed by atoms with Crippen LogP contribution in [0.1, 0.15) is 33.6 Å². The predicted octanol–water partition coefficient (Wildman–Crippen LogP) is 1.26.